The Morgan fingerprint density at radius 1 is 0.421 bits per heavy atom. The summed E-state index contributed by atoms with van der Waals surface area (Å²) in [5, 5.41) is 5.12. The molecule has 2 heteroatoms. The van der Waals surface area contributed by atoms with Crippen LogP contribution in [0.3, 0.4) is 0 Å². The predicted molar refractivity (Wildman–Crippen MR) is 241 cm³/mol. The lowest BCUT2D eigenvalue weighted by atomic mass is 9.80. The highest BCUT2D eigenvalue weighted by atomic mass is 15.1. The van der Waals surface area contributed by atoms with Gasteiger partial charge in [0.25, 0.3) is 0 Å². The molecule has 0 saturated carbocycles. The molecule has 11 rings (SSSR count). The lowest BCUT2D eigenvalue weighted by Crippen LogP contribution is -2.03. The highest BCUT2D eigenvalue weighted by molar-refractivity contribution is 6.10. The van der Waals surface area contributed by atoms with Gasteiger partial charge < -0.3 is 0 Å². The number of benzene rings is 9. The lowest BCUT2D eigenvalue weighted by Gasteiger charge is -2.24. The maximum absolute atomic E-state index is 5.32. The van der Waals surface area contributed by atoms with E-state index in [1.165, 1.54) is 66.1 Å². The number of rotatable bonds is 6. The molecule has 268 valence electrons. The Hall–Kier alpha value is -7.29. The summed E-state index contributed by atoms with van der Waals surface area (Å²) in [6.45, 7) is 0. The largest absolute Gasteiger partial charge is 0.292 e. The number of hydrogen-bond acceptors (Lipinski definition) is 1. The maximum atomic E-state index is 5.32. The van der Waals surface area contributed by atoms with E-state index in [4.69, 9.17) is 4.98 Å². The quantitative estimate of drug-likeness (QED) is 0.167. The molecule has 0 bridgehead atoms. The van der Waals surface area contributed by atoms with E-state index < -0.39 is 0 Å². The van der Waals surface area contributed by atoms with E-state index in [0.717, 1.165) is 52.1 Å². The van der Waals surface area contributed by atoms with Crippen molar-refractivity contribution in [3.8, 4) is 61.6 Å². The molecule has 9 aromatic carbocycles. The molecule has 57 heavy (non-hydrogen) atoms. The molecule has 0 atom stereocenters. The fraction of sp³-hybridized carbons (Fsp3) is 0.0364. The van der Waals surface area contributed by atoms with Crippen molar-refractivity contribution < 1.29 is 0 Å². The highest BCUT2D eigenvalue weighted by Gasteiger charge is 2.23. The zero-order valence-electron chi connectivity index (χ0n) is 31.4. The molecule has 0 spiro atoms. The van der Waals surface area contributed by atoms with Crippen LogP contribution in [-0.4, -0.2) is 9.55 Å². The third-order valence-corrected chi connectivity index (χ3v) is 11.6. The van der Waals surface area contributed by atoms with Crippen molar-refractivity contribution in [3.63, 3.8) is 0 Å². The van der Waals surface area contributed by atoms with Crippen molar-refractivity contribution in [1.29, 1.82) is 0 Å². The van der Waals surface area contributed by atoms with Gasteiger partial charge in [0, 0.05) is 11.3 Å². The van der Waals surface area contributed by atoms with E-state index in [1.807, 2.05) is 0 Å². The summed E-state index contributed by atoms with van der Waals surface area (Å²) >= 11 is 0. The third kappa shape index (κ3) is 5.77. The molecule has 0 aliphatic heterocycles. The topological polar surface area (TPSA) is 17.8 Å². The molecule has 1 aromatic heterocycles. The van der Waals surface area contributed by atoms with Gasteiger partial charge in [0.15, 0.2) is 0 Å². The number of allylic oxidation sites excluding steroid dienone is 1. The van der Waals surface area contributed by atoms with Crippen LogP contribution in [0.4, 0.5) is 0 Å². The summed E-state index contributed by atoms with van der Waals surface area (Å²) < 4.78 is 2.33. The Balaban J connectivity index is 1.08. The summed E-state index contributed by atoms with van der Waals surface area (Å²) in [6, 6.07) is 70.4. The SMILES string of the molecule is C1=Cc2c(c(-c3ccc4ccccc4c3)c3ccccc3c2-c2ccc(-n3c(-c4cc(-c5ccccc5)cc(-c5ccccc5)c4)nc4ccccc43)cc2)CC1. The number of nitrogens with zero attached hydrogens (tertiary/aromatic N) is 2. The smallest absolute Gasteiger partial charge is 0.145 e. The molecule has 2 nitrogen and oxygen atoms in total. The monoisotopic (exact) mass is 726 g/mol. The van der Waals surface area contributed by atoms with Gasteiger partial charge in [-0.1, -0.05) is 158 Å². The Morgan fingerprint density at radius 2 is 1.02 bits per heavy atom. The van der Waals surface area contributed by atoms with Crippen molar-refractivity contribution >= 4 is 38.7 Å². The number of aromatic nitrogens is 2. The Labute approximate surface area is 332 Å². The van der Waals surface area contributed by atoms with Gasteiger partial charge in [-0.05, 0) is 139 Å². The minimum atomic E-state index is 0.921. The molecular weight excluding hydrogens is 689 g/mol. The van der Waals surface area contributed by atoms with E-state index in [2.05, 4.69) is 211 Å². The molecule has 0 N–H and O–H groups in total. The van der Waals surface area contributed by atoms with Crippen LogP contribution in [0.5, 0.6) is 0 Å². The van der Waals surface area contributed by atoms with Crippen molar-refractivity contribution in [2.45, 2.75) is 12.8 Å². The summed E-state index contributed by atoms with van der Waals surface area (Å²) in [4.78, 5) is 5.32. The van der Waals surface area contributed by atoms with Crippen LogP contribution in [0.1, 0.15) is 17.5 Å². The van der Waals surface area contributed by atoms with Gasteiger partial charge in [0.05, 0.1) is 11.0 Å². The Kier molecular flexibility index (Phi) is 8.00. The lowest BCUT2D eigenvalue weighted by molar-refractivity contribution is 0.991. The molecule has 0 radical (unpaired) electrons. The van der Waals surface area contributed by atoms with Crippen LogP contribution >= 0.6 is 0 Å². The van der Waals surface area contributed by atoms with Crippen LogP contribution in [-0.2, 0) is 6.42 Å². The predicted octanol–water partition coefficient (Wildman–Crippen LogP) is 14.6. The molecular formula is C55H38N2. The summed E-state index contributed by atoms with van der Waals surface area (Å²) in [7, 11) is 0. The molecule has 0 unspecified atom stereocenters. The average molecular weight is 727 g/mol. The van der Waals surface area contributed by atoms with Gasteiger partial charge in [-0.25, -0.2) is 4.98 Å². The first-order valence-corrected chi connectivity index (χ1v) is 19.8. The average Bonchev–Trinajstić information content (AvgIpc) is 3.68. The third-order valence-electron chi connectivity index (χ3n) is 11.6. The first-order chi connectivity index (χ1) is 28.3. The van der Waals surface area contributed by atoms with Crippen LogP contribution in [0.25, 0.3) is 100 Å². The van der Waals surface area contributed by atoms with Gasteiger partial charge in [0.2, 0.25) is 0 Å². The molecule has 0 amide bonds. The van der Waals surface area contributed by atoms with Gasteiger partial charge in [0.1, 0.15) is 5.82 Å². The first kappa shape index (κ1) is 33.1. The van der Waals surface area contributed by atoms with Crippen LogP contribution in [0, 0.1) is 0 Å². The van der Waals surface area contributed by atoms with Crippen molar-refractivity contribution in [2.75, 3.05) is 0 Å². The maximum Gasteiger partial charge on any atom is 0.145 e. The van der Waals surface area contributed by atoms with Crippen molar-refractivity contribution in [2.24, 2.45) is 0 Å². The van der Waals surface area contributed by atoms with Crippen molar-refractivity contribution in [3.05, 3.63) is 211 Å². The Morgan fingerprint density at radius 3 is 1.75 bits per heavy atom. The number of imidazole rings is 1. The second kappa shape index (κ2) is 13.8. The second-order valence-electron chi connectivity index (χ2n) is 15.0. The molecule has 1 aliphatic carbocycles. The minimum absolute atomic E-state index is 0.921. The summed E-state index contributed by atoms with van der Waals surface area (Å²) in [6.07, 6.45) is 6.76. The van der Waals surface area contributed by atoms with Crippen LogP contribution in [0.2, 0.25) is 0 Å². The van der Waals surface area contributed by atoms with Gasteiger partial charge in [-0.15, -0.1) is 0 Å². The highest BCUT2D eigenvalue weighted by Crippen LogP contribution is 2.45. The number of fused-ring (bicyclic) bond motifs is 4. The summed E-state index contributed by atoms with van der Waals surface area (Å²) in [5.41, 5.74) is 16.8. The van der Waals surface area contributed by atoms with Gasteiger partial charge in [-0.2, -0.15) is 0 Å². The summed E-state index contributed by atoms with van der Waals surface area (Å²) in [5.74, 6) is 0.921. The van der Waals surface area contributed by atoms with Gasteiger partial charge >= 0.3 is 0 Å². The molecule has 0 fully saturated rings. The van der Waals surface area contributed by atoms with E-state index in [-0.39, 0.29) is 0 Å². The zero-order chi connectivity index (χ0) is 37.7. The standard InChI is InChI=1S/C55H38N2/c1-3-15-37(16-4-1)43-34-44(38-17-5-2-6-18-38)36-45(35-43)55-56-51-25-13-14-26-52(51)57(55)46-31-29-40(30-32-46)53-47-21-9-11-23-49(47)54(50-24-12-10-22-48(50)53)42-28-27-39-19-7-8-20-41(39)33-42/h1-11,13-23,25-36H,12,24H2. The van der Waals surface area contributed by atoms with Crippen LogP contribution in [0.15, 0.2) is 200 Å². The second-order valence-corrected chi connectivity index (χ2v) is 15.0. The van der Waals surface area contributed by atoms with E-state index >= 15 is 0 Å². The van der Waals surface area contributed by atoms with E-state index in [9.17, 15) is 0 Å². The first-order valence-electron chi connectivity index (χ1n) is 19.8. The zero-order valence-corrected chi connectivity index (χ0v) is 31.4. The van der Waals surface area contributed by atoms with Gasteiger partial charge in [-0.3, -0.25) is 4.57 Å². The fourth-order valence-corrected chi connectivity index (χ4v) is 8.98. The Bertz CT molecular complexity index is 3090. The molecule has 10 aromatic rings. The fourth-order valence-electron chi connectivity index (χ4n) is 8.98. The minimum Gasteiger partial charge on any atom is -0.292 e. The van der Waals surface area contributed by atoms with Crippen molar-refractivity contribution in [1.82, 2.24) is 9.55 Å². The van der Waals surface area contributed by atoms with Crippen LogP contribution < -0.4 is 0 Å². The molecule has 1 aliphatic rings. The number of hydrogen-bond donors (Lipinski definition) is 0. The van der Waals surface area contributed by atoms with E-state index in [0.29, 0.717) is 0 Å². The molecule has 1 heterocycles. The molecule has 0 saturated heterocycles. The van der Waals surface area contributed by atoms with E-state index in [1.54, 1.807) is 0 Å². The normalized spacial score (nSPS) is 12.4. The number of para-hydroxylation sites is 2.